The Hall–Kier alpha value is -4.07. The highest BCUT2D eigenvalue weighted by Gasteiger charge is 2.35. The average molecular weight is 447 g/mol. The van der Waals surface area contributed by atoms with Crippen LogP contribution in [0.1, 0.15) is 17.7 Å². The molecule has 0 bridgehead atoms. The fourth-order valence-electron chi connectivity index (χ4n) is 3.64. The lowest BCUT2D eigenvalue weighted by atomic mass is 10.1. The van der Waals surface area contributed by atoms with Crippen molar-refractivity contribution in [2.75, 3.05) is 23.4 Å². The Kier molecular flexibility index (Phi) is 6.73. The zero-order valence-electron chi connectivity index (χ0n) is 18.2. The molecule has 2 heterocycles. The molecule has 0 spiro atoms. The van der Waals surface area contributed by atoms with Gasteiger partial charge in [0.25, 0.3) is 5.91 Å². The molecular weight excluding hydrogens is 422 g/mol. The first-order valence-corrected chi connectivity index (χ1v) is 10.7. The van der Waals surface area contributed by atoms with Crippen molar-refractivity contribution in [3.63, 3.8) is 0 Å². The topological polar surface area (TPSA) is 101 Å². The molecule has 2 aromatic carbocycles. The fraction of sp³-hybridized carbons (Fsp3) is 0.240. The summed E-state index contributed by atoms with van der Waals surface area (Å²) < 4.78 is 10.8. The van der Waals surface area contributed by atoms with Crippen LogP contribution in [-0.4, -0.2) is 30.9 Å². The number of ether oxygens (including phenoxy) is 1. The molecule has 1 atom stereocenters. The Morgan fingerprint density at radius 1 is 1.09 bits per heavy atom. The van der Waals surface area contributed by atoms with E-state index in [4.69, 9.17) is 9.15 Å². The van der Waals surface area contributed by atoms with Crippen molar-refractivity contribution >= 4 is 29.1 Å². The molecule has 1 aliphatic rings. The molecule has 0 radical (unpaired) electrons. The molecule has 0 unspecified atom stereocenters. The summed E-state index contributed by atoms with van der Waals surface area (Å²) in [5, 5.41) is 5.62. The molecule has 3 aromatic rings. The first-order chi connectivity index (χ1) is 16.0. The summed E-state index contributed by atoms with van der Waals surface area (Å²) in [6.45, 7) is 2.39. The SMILES string of the molecule is Cc1ccccc1NC(=O)COc1ccc(N2C[C@H](C(=O)NCc3ccco3)CC2=O)cc1. The van der Waals surface area contributed by atoms with Crippen molar-refractivity contribution in [3.8, 4) is 5.75 Å². The lowest BCUT2D eigenvalue weighted by Crippen LogP contribution is -2.32. The van der Waals surface area contributed by atoms with Gasteiger partial charge in [0, 0.05) is 24.3 Å². The Morgan fingerprint density at radius 2 is 1.88 bits per heavy atom. The van der Waals surface area contributed by atoms with Crippen LogP contribution in [0.4, 0.5) is 11.4 Å². The van der Waals surface area contributed by atoms with E-state index >= 15 is 0 Å². The van der Waals surface area contributed by atoms with Crippen LogP contribution in [0, 0.1) is 12.8 Å². The quantitative estimate of drug-likeness (QED) is 0.552. The van der Waals surface area contributed by atoms with Crippen LogP contribution in [0.5, 0.6) is 5.75 Å². The largest absolute Gasteiger partial charge is 0.484 e. The minimum Gasteiger partial charge on any atom is -0.484 e. The first kappa shape index (κ1) is 22.1. The third-order valence-electron chi connectivity index (χ3n) is 5.45. The fourth-order valence-corrected chi connectivity index (χ4v) is 3.64. The van der Waals surface area contributed by atoms with Gasteiger partial charge in [0.2, 0.25) is 11.8 Å². The van der Waals surface area contributed by atoms with Crippen LogP contribution in [-0.2, 0) is 20.9 Å². The van der Waals surface area contributed by atoms with Crippen LogP contribution >= 0.6 is 0 Å². The Bertz CT molecular complexity index is 1130. The van der Waals surface area contributed by atoms with Crippen molar-refractivity contribution < 1.29 is 23.5 Å². The lowest BCUT2D eigenvalue weighted by molar-refractivity contribution is -0.126. The number of nitrogens with one attached hydrogen (secondary N) is 2. The summed E-state index contributed by atoms with van der Waals surface area (Å²) in [5.74, 6) is 0.201. The average Bonchev–Trinajstić information content (AvgIpc) is 3.48. The minimum atomic E-state index is -0.423. The summed E-state index contributed by atoms with van der Waals surface area (Å²) in [5.41, 5.74) is 2.40. The van der Waals surface area contributed by atoms with E-state index in [1.807, 2.05) is 31.2 Å². The van der Waals surface area contributed by atoms with Crippen LogP contribution in [0.3, 0.4) is 0 Å². The second kappa shape index (κ2) is 10.0. The van der Waals surface area contributed by atoms with E-state index in [0.29, 0.717) is 30.3 Å². The first-order valence-electron chi connectivity index (χ1n) is 10.7. The number of benzene rings is 2. The second-order valence-corrected chi connectivity index (χ2v) is 7.85. The molecule has 1 aromatic heterocycles. The number of aryl methyl sites for hydroxylation is 1. The number of hydrogen-bond donors (Lipinski definition) is 2. The number of para-hydroxylation sites is 1. The third kappa shape index (κ3) is 5.60. The predicted molar refractivity (Wildman–Crippen MR) is 123 cm³/mol. The number of nitrogens with zero attached hydrogens (tertiary/aromatic N) is 1. The van der Waals surface area contributed by atoms with Gasteiger partial charge in [-0.1, -0.05) is 18.2 Å². The highest BCUT2D eigenvalue weighted by Crippen LogP contribution is 2.27. The van der Waals surface area contributed by atoms with Gasteiger partial charge in [-0.2, -0.15) is 0 Å². The van der Waals surface area contributed by atoms with E-state index in [-0.39, 0.29) is 30.7 Å². The maximum Gasteiger partial charge on any atom is 0.262 e. The van der Waals surface area contributed by atoms with Crippen molar-refractivity contribution in [2.45, 2.75) is 19.9 Å². The second-order valence-electron chi connectivity index (χ2n) is 7.85. The van der Waals surface area contributed by atoms with E-state index in [9.17, 15) is 14.4 Å². The molecule has 8 heteroatoms. The molecular formula is C25H25N3O5. The summed E-state index contributed by atoms with van der Waals surface area (Å²) in [6.07, 6.45) is 1.70. The predicted octanol–water partition coefficient (Wildman–Crippen LogP) is 3.27. The Labute approximate surface area is 191 Å². The summed E-state index contributed by atoms with van der Waals surface area (Å²) in [7, 11) is 0. The smallest absolute Gasteiger partial charge is 0.262 e. The van der Waals surface area contributed by atoms with E-state index in [1.165, 1.54) is 0 Å². The molecule has 4 rings (SSSR count). The number of carbonyl (C=O) groups is 3. The number of carbonyl (C=O) groups excluding carboxylic acids is 3. The molecule has 2 N–H and O–H groups in total. The van der Waals surface area contributed by atoms with E-state index in [0.717, 1.165) is 11.3 Å². The third-order valence-corrected chi connectivity index (χ3v) is 5.45. The van der Waals surface area contributed by atoms with Crippen molar-refractivity contribution in [1.82, 2.24) is 5.32 Å². The minimum absolute atomic E-state index is 0.112. The Morgan fingerprint density at radius 3 is 2.61 bits per heavy atom. The normalized spacial score (nSPS) is 15.4. The standard InChI is InChI=1S/C25H25N3O5/c1-17-5-2-3-7-22(17)27-23(29)16-33-20-10-8-19(9-11-20)28-15-18(13-24(28)30)25(31)26-14-21-6-4-12-32-21/h2-12,18H,13-16H2,1H3,(H,26,31)(H,27,29)/t18-/m1/s1. The van der Waals surface area contributed by atoms with E-state index in [1.54, 1.807) is 47.6 Å². The van der Waals surface area contributed by atoms with Crippen molar-refractivity contribution in [1.29, 1.82) is 0 Å². The van der Waals surface area contributed by atoms with Gasteiger partial charge in [-0.25, -0.2) is 0 Å². The molecule has 3 amide bonds. The molecule has 1 saturated heterocycles. The van der Waals surface area contributed by atoms with Crippen LogP contribution in [0.15, 0.2) is 71.3 Å². The van der Waals surface area contributed by atoms with Gasteiger partial charge >= 0.3 is 0 Å². The summed E-state index contributed by atoms with van der Waals surface area (Å²) in [6, 6.07) is 17.9. The van der Waals surface area contributed by atoms with Gasteiger partial charge < -0.3 is 24.7 Å². The zero-order valence-corrected chi connectivity index (χ0v) is 18.2. The Balaban J connectivity index is 1.27. The number of hydrogen-bond acceptors (Lipinski definition) is 5. The molecule has 33 heavy (non-hydrogen) atoms. The summed E-state index contributed by atoms with van der Waals surface area (Å²) >= 11 is 0. The van der Waals surface area contributed by atoms with Gasteiger partial charge in [0.05, 0.1) is 18.7 Å². The van der Waals surface area contributed by atoms with Gasteiger partial charge in [-0.15, -0.1) is 0 Å². The molecule has 1 fully saturated rings. The molecule has 170 valence electrons. The highest BCUT2D eigenvalue weighted by atomic mass is 16.5. The highest BCUT2D eigenvalue weighted by molar-refractivity contribution is 6.00. The lowest BCUT2D eigenvalue weighted by Gasteiger charge is -2.17. The molecule has 1 aliphatic heterocycles. The maximum atomic E-state index is 12.5. The van der Waals surface area contributed by atoms with Crippen molar-refractivity contribution in [3.05, 3.63) is 78.3 Å². The van der Waals surface area contributed by atoms with E-state index in [2.05, 4.69) is 10.6 Å². The van der Waals surface area contributed by atoms with Gasteiger partial charge in [0.1, 0.15) is 11.5 Å². The number of amides is 3. The number of rotatable bonds is 8. The zero-order chi connectivity index (χ0) is 23.2. The van der Waals surface area contributed by atoms with Crippen molar-refractivity contribution in [2.24, 2.45) is 5.92 Å². The van der Waals surface area contributed by atoms with Gasteiger partial charge in [0.15, 0.2) is 6.61 Å². The van der Waals surface area contributed by atoms with Crippen LogP contribution in [0.2, 0.25) is 0 Å². The van der Waals surface area contributed by atoms with Crippen LogP contribution < -0.4 is 20.3 Å². The maximum absolute atomic E-state index is 12.5. The number of anilines is 2. The van der Waals surface area contributed by atoms with Gasteiger partial charge in [-0.3, -0.25) is 14.4 Å². The van der Waals surface area contributed by atoms with E-state index < -0.39 is 5.92 Å². The van der Waals surface area contributed by atoms with Gasteiger partial charge in [-0.05, 0) is 55.0 Å². The monoisotopic (exact) mass is 447 g/mol. The molecule has 8 nitrogen and oxygen atoms in total. The molecule has 0 saturated carbocycles. The summed E-state index contributed by atoms with van der Waals surface area (Å²) in [4.78, 5) is 38.6. The number of furan rings is 1. The molecule has 0 aliphatic carbocycles. The van der Waals surface area contributed by atoms with Crippen LogP contribution in [0.25, 0.3) is 0 Å².